The zero-order chi connectivity index (χ0) is 16.4. The van der Waals surface area contributed by atoms with Crippen LogP contribution in [0.1, 0.15) is 23.7 Å². The Bertz CT molecular complexity index is 633. The summed E-state index contributed by atoms with van der Waals surface area (Å²) in [4.78, 5) is 39.3. The van der Waals surface area contributed by atoms with E-state index in [1.54, 1.807) is 23.1 Å². The van der Waals surface area contributed by atoms with Gasteiger partial charge >= 0.3 is 0 Å². The zero-order valence-corrected chi connectivity index (χ0v) is 13.7. The van der Waals surface area contributed by atoms with Crippen molar-refractivity contribution in [2.24, 2.45) is 0 Å². The van der Waals surface area contributed by atoms with Crippen LogP contribution in [0.2, 0.25) is 0 Å². The molecule has 2 aliphatic heterocycles. The first-order valence-electron chi connectivity index (χ1n) is 7.61. The van der Waals surface area contributed by atoms with Gasteiger partial charge in [0.2, 0.25) is 5.91 Å². The Morgan fingerprint density at radius 1 is 1.35 bits per heavy atom. The van der Waals surface area contributed by atoms with Gasteiger partial charge in [0, 0.05) is 13.1 Å². The number of carbonyl (C=O) groups is 3. The van der Waals surface area contributed by atoms with E-state index < -0.39 is 0 Å². The topological polar surface area (TPSA) is 66.9 Å². The van der Waals surface area contributed by atoms with E-state index in [0.29, 0.717) is 37.4 Å². The monoisotopic (exact) mass is 334 g/mol. The maximum atomic E-state index is 12.7. The molecule has 7 heteroatoms. The smallest absolute Gasteiger partial charge is 0.289 e. The molecule has 0 saturated carbocycles. The van der Waals surface area contributed by atoms with Gasteiger partial charge in [-0.1, -0.05) is 23.9 Å². The number of hydrogen-bond acceptors (Lipinski definition) is 5. The van der Waals surface area contributed by atoms with E-state index in [1.807, 2.05) is 13.0 Å². The molecule has 122 valence electrons. The number of likely N-dealkylation sites (tertiary alicyclic amines) is 1. The van der Waals surface area contributed by atoms with Crippen LogP contribution in [0.3, 0.4) is 0 Å². The van der Waals surface area contributed by atoms with E-state index >= 15 is 0 Å². The van der Waals surface area contributed by atoms with Crippen molar-refractivity contribution in [3.8, 4) is 5.75 Å². The molecule has 3 rings (SSSR count). The number of carbonyl (C=O) groups excluding carboxylic acids is 3. The van der Waals surface area contributed by atoms with Crippen LogP contribution in [0.4, 0.5) is 4.79 Å². The van der Waals surface area contributed by atoms with E-state index in [-0.39, 0.29) is 28.8 Å². The Balaban J connectivity index is 1.73. The van der Waals surface area contributed by atoms with Crippen LogP contribution in [-0.4, -0.2) is 58.3 Å². The lowest BCUT2D eigenvalue weighted by Crippen LogP contribution is -2.41. The molecule has 1 aromatic rings. The number of ether oxygens (including phenoxy) is 1. The highest BCUT2D eigenvalue weighted by molar-refractivity contribution is 8.14. The molecule has 6 nitrogen and oxygen atoms in total. The molecule has 1 aromatic carbocycles. The van der Waals surface area contributed by atoms with Gasteiger partial charge in [-0.2, -0.15) is 0 Å². The molecule has 2 saturated heterocycles. The van der Waals surface area contributed by atoms with Crippen molar-refractivity contribution in [3.05, 3.63) is 29.8 Å². The third kappa shape index (κ3) is 3.06. The van der Waals surface area contributed by atoms with Crippen molar-refractivity contribution < 1.29 is 19.1 Å². The van der Waals surface area contributed by atoms with Crippen molar-refractivity contribution in [3.63, 3.8) is 0 Å². The highest BCUT2D eigenvalue weighted by Crippen LogP contribution is 2.28. The molecule has 0 N–H and O–H groups in total. The number of hydrogen-bond donors (Lipinski definition) is 0. The van der Waals surface area contributed by atoms with Crippen molar-refractivity contribution in [2.45, 2.75) is 19.4 Å². The van der Waals surface area contributed by atoms with Gasteiger partial charge in [-0.15, -0.1) is 0 Å². The number of nitrogens with zero attached hydrogens (tertiary/aromatic N) is 2. The fourth-order valence-corrected chi connectivity index (χ4v) is 3.73. The van der Waals surface area contributed by atoms with Crippen molar-refractivity contribution in [1.29, 1.82) is 0 Å². The molecule has 1 atom stereocenters. The van der Waals surface area contributed by atoms with Gasteiger partial charge < -0.3 is 9.64 Å². The second-order valence-corrected chi connectivity index (χ2v) is 6.37. The highest BCUT2D eigenvalue weighted by Gasteiger charge is 2.40. The largest absolute Gasteiger partial charge is 0.493 e. The Labute approximate surface area is 138 Å². The molecule has 1 unspecified atom stereocenters. The quantitative estimate of drug-likeness (QED) is 0.842. The predicted molar refractivity (Wildman–Crippen MR) is 86.6 cm³/mol. The fourth-order valence-electron chi connectivity index (χ4n) is 2.95. The maximum absolute atomic E-state index is 12.7. The summed E-state index contributed by atoms with van der Waals surface area (Å²) in [5, 5.41) is -0.205. The molecule has 2 fully saturated rings. The highest BCUT2D eigenvalue weighted by atomic mass is 32.2. The number of imide groups is 1. The van der Waals surface area contributed by atoms with E-state index in [9.17, 15) is 14.4 Å². The molecule has 2 aliphatic rings. The van der Waals surface area contributed by atoms with Crippen LogP contribution < -0.4 is 4.74 Å². The Morgan fingerprint density at radius 3 is 2.83 bits per heavy atom. The first-order valence-corrected chi connectivity index (χ1v) is 8.60. The minimum absolute atomic E-state index is 0.122. The summed E-state index contributed by atoms with van der Waals surface area (Å²) in [6.45, 7) is 3.28. The molecule has 0 radical (unpaired) electrons. The molecule has 0 aliphatic carbocycles. The number of para-hydroxylation sites is 1. The van der Waals surface area contributed by atoms with Crippen LogP contribution in [0, 0.1) is 0 Å². The minimum atomic E-state index is -0.215. The lowest BCUT2D eigenvalue weighted by Gasteiger charge is -2.22. The number of thioether (sulfide) groups is 1. The van der Waals surface area contributed by atoms with E-state index in [1.165, 1.54) is 4.90 Å². The second-order valence-electron chi connectivity index (χ2n) is 5.44. The first kappa shape index (κ1) is 15.9. The molecule has 3 amide bonds. The molecule has 0 spiro atoms. The molecule has 2 heterocycles. The van der Waals surface area contributed by atoms with E-state index in [2.05, 4.69) is 0 Å². The lowest BCUT2D eigenvalue weighted by atomic mass is 10.1. The standard InChI is InChI=1S/C16H18N2O4S/c1-2-22-13-6-4-3-5-12(13)15(20)17-8-7-11(9-17)18-14(19)10-23-16(18)21/h3-6,11H,2,7-10H2,1H3. The summed E-state index contributed by atoms with van der Waals surface area (Å²) < 4.78 is 5.51. The third-order valence-corrected chi connectivity index (χ3v) is 4.85. The average Bonchev–Trinajstić information content (AvgIpc) is 3.14. The van der Waals surface area contributed by atoms with E-state index in [4.69, 9.17) is 4.74 Å². The van der Waals surface area contributed by atoms with Crippen LogP contribution in [0.15, 0.2) is 24.3 Å². The summed E-state index contributed by atoms with van der Waals surface area (Å²) in [5.41, 5.74) is 0.517. The van der Waals surface area contributed by atoms with Gasteiger partial charge in [-0.05, 0) is 25.5 Å². The zero-order valence-electron chi connectivity index (χ0n) is 12.9. The normalized spacial score (nSPS) is 21.2. The minimum Gasteiger partial charge on any atom is -0.493 e. The molecular formula is C16H18N2O4S. The third-order valence-electron chi connectivity index (χ3n) is 4.02. The van der Waals surface area contributed by atoms with Gasteiger partial charge in [-0.3, -0.25) is 19.3 Å². The number of rotatable bonds is 4. The summed E-state index contributed by atoms with van der Waals surface area (Å²) >= 11 is 1.03. The van der Waals surface area contributed by atoms with Crippen molar-refractivity contribution in [1.82, 2.24) is 9.80 Å². The van der Waals surface area contributed by atoms with Crippen molar-refractivity contribution in [2.75, 3.05) is 25.4 Å². The Morgan fingerprint density at radius 2 is 2.13 bits per heavy atom. The molecular weight excluding hydrogens is 316 g/mol. The lowest BCUT2D eigenvalue weighted by molar-refractivity contribution is -0.126. The summed E-state index contributed by atoms with van der Waals surface area (Å²) in [6.07, 6.45) is 0.626. The first-order chi connectivity index (χ1) is 11.1. The van der Waals surface area contributed by atoms with Gasteiger partial charge in [-0.25, -0.2) is 0 Å². The van der Waals surface area contributed by atoms with Crippen LogP contribution >= 0.6 is 11.8 Å². The summed E-state index contributed by atoms with van der Waals surface area (Å²) in [7, 11) is 0. The van der Waals surface area contributed by atoms with Gasteiger partial charge in [0.25, 0.3) is 11.1 Å². The van der Waals surface area contributed by atoms with E-state index in [0.717, 1.165) is 11.8 Å². The number of amides is 3. The fraction of sp³-hybridized carbons (Fsp3) is 0.438. The molecule has 23 heavy (non-hydrogen) atoms. The Hall–Kier alpha value is -2.02. The molecule has 0 bridgehead atoms. The summed E-state index contributed by atoms with van der Waals surface area (Å²) in [6, 6.07) is 6.92. The average molecular weight is 334 g/mol. The van der Waals surface area contributed by atoms with Crippen molar-refractivity contribution >= 4 is 28.8 Å². The number of benzene rings is 1. The maximum Gasteiger partial charge on any atom is 0.289 e. The van der Waals surface area contributed by atoms with Gasteiger partial charge in [0.05, 0.1) is 24.0 Å². The summed E-state index contributed by atoms with van der Waals surface area (Å²) in [5.74, 6) is 0.487. The van der Waals surface area contributed by atoms with Gasteiger partial charge in [0.15, 0.2) is 0 Å². The SMILES string of the molecule is CCOc1ccccc1C(=O)N1CCC(N2C(=O)CSC2=O)C1. The predicted octanol–water partition coefficient (Wildman–Crippen LogP) is 2.00. The second kappa shape index (κ2) is 6.62. The van der Waals surface area contributed by atoms with Crippen LogP contribution in [0.5, 0.6) is 5.75 Å². The van der Waals surface area contributed by atoms with Gasteiger partial charge in [0.1, 0.15) is 5.75 Å². The van der Waals surface area contributed by atoms with Crippen LogP contribution in [0.25, 0.3) is 0 Å². The molecule has 0 aromatic heterocycles. The Kier molecular flexibility index (Phi) is 4.56. The van der Waals surface area contributed by atoms with Crippen LogP contribution in [-0.2, 0) is 4.79 Å².